The Balaban J connectivity index is 2.15. The highest BCUT2D eigenvalue weighted by Gasteiger charge is 2.28. The van der Waals surface area contributed by atoms with E-state index in [1.807, 2.05) is 0 Å². The first kappa shape index (κ1) is 31.2. The van der Waals surface area contributed by atoms with Crippen LogP contribution in [0.3, 0.4) is 0 Å². The number of hydrogen-bond donors (Lipinski definition) is 2. The van der Waals surface area contributed by atoms with Crippen molar-refractivity contribution in [2.75, 3.05) is 0 Å². The number of hydrogen-bond acceptors (Lipinski definition) is 4. The first-order valence-corrected chi connectivity index (χ1v) is 15.0. The molecule has 1 aromatic heterocycles. The van der Waals surface area contributed by atoms with E-state index in [1.54, 1.807) is 11.3 Å². The Morgan fingerprint density at radius 2 is 1.00 bits per heavy atom. The van der Waals surface area contributed by atoms with E-state index in [9.17, 15) is 10.2 Å². The van der Waals surface area contributed by atoms with E-state index in [1.165, 1.54) is 16.0 Å². The molecule has 3 rings (SSSR count). The van der Waals surface area contributed by atoms with Crippen LogP contribution in [0.1, 0.15) is 121 Å². The van der Waals surface area contributed by atoms with Crippen molar-refractivity contribution in [2.24, 2.45) is 0 Å². The number of aromatic hydroxyl groups is 2. The fourth-order valence-electron chi connectivity index (χ4n) is 4.91. The van der Waals surface area contributed by atoms with Crippen LogP contribution < -0.4 is 0 Å². The highest BCUT2D eigenvalue weighted by Crippen LogP contribution is 2.41. The molecule has 0 spiro atoms. The lowest BCUT2D eigenvalue weighted by molar-refractivity contribution is 0.241. The van der Waals surface area contributed by atoms with Gasteiger partial charge in [0, 0.05) is 35.6 Å². The maximum absolute atomic E-state index is 11.5. The quantitative estimate of drug-likeness (QED) is 0.322. The Labute approximate surface area is 241 Å². The highest BCUT2D eigenvalue weighted by atomic mass is 32.1. The smallest absolute Gasteiger partial charge is 0.123 e. The van der Waals surface area contributed by atoms with Gasteiger partial charge in [-0.25, -0.2) is 0 Å². The molecule has 0 amide bonds. The third-order valence-corrected chi connectivity index (χ3v) is 8.33. The molecule has 1 heterocycles. The summed E-state index contributed by atoms with van der Waals surface area (Å²) in [6.45, 7) is 28.2. The molecular formula is C35H51NO2S. The number of nitrogens with zero attached hydrogens (tertiary/aromatic N) is 1. The molecule has 0 atom stereocenters. The van der Waals surface area contributed by atoms with Crippen molar-refractivity contribution < 1.29 is 10.2 Å². The summed E-state index contributed by atoms with van der Waals surface area (Å²) in [5, 5.41) is 25.2. The van der Waals surface area contributed by atoms with Crippen LogP contribution in [0.15, 0.2) is 41.8 Å². The van der Waals surface area contributed by atoms with Crippen molar-refractivity contribution in [3.8, 4) is 11.5 Å². The van der Waals surface area contributed by atoms with E-state index in [2.05, 4.69) is 130 Å². The van der Waals surface area contributed by atoms with Gasteiger partial charge in [-0.1, -0.05) is 113 Å². The van der Waals surface area contributed by atoms with Gasteiger partial charge in [-0.15, -0.1) is 11.3 Å². The second-order valence-electron chi connectivity index (χ2n) is 15.3. The van der Waals surface area contributed by atoms with Crippen LogP contribution in [0, 0.1) is 0 Å². The zero-order valence-corrected chi connectivity index (χ0v) is 27.2. The molecular weight excluding hydrogens is 498 g/mol. The Kier molecular flexibility index (Phi) is 8.76. The van der Waals surface area contributed by atoms with E-state index < -0.39 is 0 Å². The summed E-state index contributed by atoms with van der Waals surface area (Å²) in [6, 6.07) is 13.0. The lowest BCUT2D eigenvalue weighted by Gasteiger charge is -2.31. The molecule has 2 N–H and O–H groups in total. The predicted molar refractivity (Wildman–Crippen MR) is 168 cm³/mol. The zero-order valence-electron chi connectivity index (χ0n) is 26.4. The summed E-state index contributed by atoms with van der Waals surface area (Å²) >= 11 is 1.74. The van der Waals surface area contributed by atoms with Crippen LogP contribution in [0.25, 0.3) is 0 Å². The van der Waals surface area contributed by atoms with Crippen molar-refractivity contribution in [2.45, 2.75) is 124 Å². The maximum Gasteiger partial charge on any atom is 0.123 e. The fourth-order valence-corrected chi connectivity index (χ4v) is 5.66. The lowest BCUT2D eigenvalue weighted by Crippen LogP contribution is -2.25. The van der Waals surface area contributed by atoms with Gasteiger partial charge in [-0.05, 0) is 55.4 Å². The van der Waals surface area contributed by atoms with Crippen LogP contribution in [-0.2, 0) is 41.3 Å². The minimum absolute atomic E-state index is 0.0397. The molecule has 3 aromatic rings. The molecule has 0 aliphatic heterocycles. The second-order valence-corrected chi connectivity index (χ2v) is 16.3. The summed E-state index contributed by atoms with van der Waals surface area (Å²) < 4.78 is 0. The first-order valence-electron chi connectivity index (χ1n) is 14.2. The SMILES string of the molecule is CC(C)(C)c1cc(CN(Cc2cccs2)Cc2cc(C(C)(C)C)cc(C(C)(C)C)c2O)c(O)c(C(C)(C)C)c1. The Morgan fingerprint density at radius 1 is 0.590 bits per heavy atom. The van der Waals surface area contributed by atoms with Gasteiger partial charge in [0.1, 0.15) is 11.5 Å². The molecule has 214 valence electrons. The van der Waals surface area contributed by atoms with Crippen LogP contribution in [0.5, 0.6) is 11.5 Å². The van der Waals surface area contributed by atoms with Gasteiger partial charge in [0.2, 0.25) is 0 Å². The molecule has 39 heavy (non-hydrogen) atoms. The number of phenols is 2. The fraction of sp³-hybridized carbons (Fsp3) is 0.543. The predicted octanol–water partition coefficient (Wildman–Crippen LogP) is 9.55. The molecule has 0 aliphatic carbocycles. The van der Waals surface area contributed by atoms with Gasteiger partial charge in [-0.3, -0.25) is 4.90 Å². The number of rotatable bonds is 6. The lowest BCUT2D eigenvalue weighted by atomic mass is 9.78. The van der Waals surface area contributed by atoms with E-state index in [0.29, 0.717) is 24.6 Å². The van der Waals surface area contributed by atoms with Gasteiger partial charge in [0.25, 0.3) is 0 Å². The summed E-state index contributed by atoms with van der Waals surface area (Å²) in [7, 11) is 0. The van der Waals surface area contributed by atoms with Crippen LogP contribution >= 0.6 is 11.3 Å². The summed E-state index contributed by atoms with van der Waals surface area (Å²) in [6.07, 6.45) is 0. The minimum Gasteiger partial charge on any atom is -0.507 e. The molecule has 0 bridgehead atoms. The average molecular weight is 550 g/mol. The first-order chi connectivity index (χ1) is 17.7. The van der Waals surface area contributed by atoms with Crippen molar-refractivity contribution in [3.63, 3.8) is 0 Å². The molecule has 0 radical (unpaired) electrons. The van der Waals surface area contributed by atoms with E-state index in [-0.39, 0.29) is 21.7 Å². The topological polar surface area (TPSA) is 43.7 Å². The Hall–Kier alpha value is -2.30. The van der Waals surface area contributed by atoms with Gasteiger partial charge in [0.15, 0.2) is 0 Å². The van der Waals surface area contributed by atoms with Crippen molar-refractivity contribution in [1.82, 2.24) is 4.90 Å². The number of benzene rings is 2. The summed E-state index contributed by atoms with van der Waals surface area (Å²) in [4.78, 5) is 3.62. The van der Waals surface area contributed by atoms with Gasteiger partial charge >= 0.3 is 0 Å². The number of phenolic OH excluding ortho intramolecular Hbond substituents is 2. The van der Waals surface area contributed by atoms with Crippen molar-refractivity contribution >= 4 is 11.3 Å². The van der Waals surface area contributed by atoms with Crippen molar-refractivity contribution in [3.05, 3.63) is 80.0 Å². The van der Waals surface area contributed by atoms with E-state index >= 15 is 0 Å². The van der Waals surface area contributed by atoms with E-state index in [0.717, 1.165) is 28.8 Å². The van der Waals surface area contributed by atoms with Crippen LogP contribution in [-0.4, -0.2) is 15.1 Å². The Morgan fingerprint density at radius 3 is 1.31 bits per heavy atom. The summed E-state index contributed by atoms with van der Waals surface area (Å²) in [5.41, 5.74) is 5.84. The summed E-state index contributed by atoms with van der Waals surface area (Å²) in [5.74, 6) is 0.768. The molecule has 4 heteroatoms. The molecule has 0 unspecified atom stereocenters. The van der Waals surface area contributed by atoms with Crippen LogP contribution in [0.2, 0.25) is 0 Å². The second kappa shape index (κ2) is 10.9. The standard InChI is InChI=1S/C35H51NO2S/c1-32(2,3)25-16-23(30(37)28(18-25)34(7,8)9)20-36(22-27-14-13-15-39-27)21-24-17-26(33(4,5)6)19-29(31(24)38)35(10,11)12/h13-19,37-38H,20-22H2,1-12H3. The molecule has 0 aliphatic rings. The largest absolute Gasteiger partial charge is 0.507 e. The zero-order chi connectivity index (χ0) is 29.6. The average Bonchev–Trinajstić information content (AvgIpc) is 3.26. The molecule has 0 saturated carbocycles. The third kappa shape index (κ3) is 7.67. The monoisotopic (exact) mass is 549 g/mol. The normalized spacial score (nSPS) is 13.4. The van der Waals surface area contributed by atoms with Crippen molar-refractivity contribution in [1.29, 1.82) is 0 Å². The Bertz CT molecular complexity index is 1190. The van der Waals surface area contributed by atoms with Crippen LogP contribution in [0.4, 0.5) is 0 Å². The molecule has 2 aromatic carbocycles. The molecule has 0 saturated heterocycles. The van der Waals surface area contributed by atoms with Gasteiger partial charge in [0.05, 0.1) is 0 Å². The van der Waals surface area contributed by atoms with Gasteiger partial charge < -0.3 is 10.2 Å². The number of thiophene rings is 1. The molecule has 3 nitrogen and oxygen atoms in total. The molecule has 0 fully saturated rings. The van der Waals surface area contributed by atoms with E-state index in [4.69, 9.17) is 0 Å². The third-order valence-electron chi connectivity index (χ3n) is 7.47. The maximum atomic E-state index is 11.5. The van der Waals surface area contributed by atoms with Gasteiger partial charge in [-0.2, -0.15) is 0 Å². The minimum atomic E-state index is -0.181. The highest BCUT2D eigenvalue weighted by molar-refractivity contribution is 7.09.